The van der Waals surface area contributed by atoms with Gasteiger partial charge in [-0.15, -0.1) is 0 Å². The first-order valence-electron chi connectivity index (χ1n) is 7.31. The van der Waals surface area contributed by atoms with E-state index in [2.05, 4.69) is 42.4 Å². The SMILES string of the molecule is CC1(C=NCCCCCCSCCO)C=CC=CC1. The summed E-state index contributed by atoms with van der Waals surface area (Å²) in [5, 5.41) is 8.65. The molecule has 0 aromatic carbocycles. The molecule has 1 unspecified atom stereocenters. The van der Waals surface area contributed by atoms with Gasteiger partial charge in [0.2, 0.25) is 0 Å². The topological polar surface area (TPSA) is 32.6 Å². The van der Waals surface area contributed by atoms with Crippen LogP contribution in [-0.2, 0) is 0 Å². The Bertz CT molecular complexity index is 312. The Kier molecular flexibility index (Phi) is 8.93. The molecule has 0 amide bonds. The minimum atomic E-state index is 0.135. The lowest BCUT2D eigenvalue weighted by atomic mass is 9.85. The van der Waals surface area contributed by atoms with Crippen LogP contribution in [0.4, 0.5) is 0 Å². The first-order chi connectivity index (χ1) is 9.27. The Balaban J connectivity index is 1.96. The summed E-state index contributed by atoms with van der Waals surface area (Å²) in [4.78, 5) is 4.57. The van der Waals surface area contributed by atoms with E-state index in [1.807, 2.05) is 11.8 Å². The van der Waals surface area contributed by atoms with Gasteiger partial charge >= 0.3 is 0 Å². The number of nitrogens with zero attached hydrogens (tertiary/aromatic N) is 1. The zero-order valence-corrected chi connectivity index (χ0v) is 12.9. The summed E-state index contributed by atoms with van der Waals surface area (Å²) >= 11 is 1.85. The summed E-state index contributed by atoms with van der Waals surface area (Å²) in [6.07, 6.45) is 16.8. The van der Waals surface area contributed by atoms with Gasteiger partial charge in [0.15, 0.2) is 0 Å². The molecule has 0 aromatic heterocycles. The molecule has 1 aliphatic rings. The maximum atomic E-state index is 8.65. The highest BCUT2D eigenvalue weighted by molar-refractivity contribution is 7.99. The largest absolute Gasteiger partial charge is 0.396 e. The lowest BCUT2D eigenvalue weighted by Crippen LogP contribution is -2.15. The van der Waals surface area contributed by atoms with Crippen molar-refractivity contribution in [2.45, 2.75) is 39.0 Å². The van der Waals surface area contributed by atoms with Crippen LogP contribution >= 0.6 is 11.8 Å². The molecule has 1 aliphatic carbocycles. The fourth-order valence-electron chi connectivity index (χ4n) is 2.04. The number of hydrogen-bond acceptors (Lipinski definition) is 3. The Labute approximate surface area is 122 Å². The number of aliphatic hydroxyl groups is 1. The zero-order valence-electron chi connectivity index (χ0n) is 12.1. The summed E-state index contributed by atoms with van der Waals surface area (Å²) in [6.45, 7) is 3.49. The molecular formula is C16H27NOS. The van der Waals surface area contributed by atoms with Crippen LogP contribution in [0.15, 0.2) is 29.3 Å². The summed E-state index contributed by atoms with van der Waals surface area (Å²) in [5.74, 6) is 2.06. The second kappa shape index (κ2) is 10.3. The molecule has 1 atom stereocenters. The van der Waals surface area contributed by atoms with Gasteiger partial charge in [-0.1, -0.05) is 44.1 Å². The average Bonchev–Trinajstić information content (AvgIpc) is 2.42. The van der Waals surface area contributed by atoms with E-state index in [0.29, 0.717) is 6.61 Å². The van der Waals surface area contributed by atoms with Crippen molar-refractivity contribution in [2.24, 2.45) is 10.4 Å². The fourth-order valence-corrected chi connectivity index (χ4v) is 2.78. The Morgan fingerprint density at radius 1 is 1.21 bits per heavy atom. The second-order valence-electron chi connectivity index (χ2n) is 5.28. The van der Waals surface area contributed by atoms with E-state index < -0.39 is 0 Å². The van der Waals surface area contributed by atoms with Crippen molar-refractivity contribution in [3.63, 3.8) is 0 Å². The molecule has 19 heavy (non-hydrogen) atoms. The van der Waals surface area contributed by atoms with Crippen molar-refractivity contribution in [3.8, 4) is 0 Å². The number of thioether (sulfide) groups is 1. The van der Waals surface area contributed by atoms with Crippen molar-refractivity contribution in [1.29, 1.82) is 0 Å². The summed E-state index contributed by atoms with van der Waals surface area (Å²) in [6, 6.07) is 0. The van der Waals surface area contributed by atoms with Crippen LogP contribution < -0.4 is 0 Å². The predicted molar refractivity (Wildman–Crippen MR) is 87.2 cm³/mol. The Morgan fingerprint density at radius 3 is 2.79 bits per heavy atom. The third kappa shape index (κ3) is 8.27. The van der Waals surface area contributed by atoms with Gasteiger partial charge in [-0.3, -0.25) is 4.99 Å². The van der Waals surface area contributed by atoms with Crippen LogP contribution in [0.5, 0.6) is 0 Å². The minimum absolute atomic E-state index is 0.135. The van der Waals surface area contributed by atoms with Crippen LogP contribution in [0.25, 0.3) is 0 Å². The number of aliphatic hydroxyl groups excluding tert-OH is 1. The Morgan fingerprint density at radius 2 is 2.05 bits per heavy atom. The highest BCUT2D eigenvalue weighted by Crippen LogP contribution is 2.24. The molecule has 0 bridgehead atoms. The van der Waals surface area contributed by atoms with Crippen LogP contribution in [0.2, 0.25) is 0 Å². The summed E-state index contributed by atoms with van der Waals surface area (Å²) < 4.78 is 0. The Hall–Kier alpha value is -0.540. The zero-order chi connectivity index (χ0) is 13.8. The van der Waals surface area contributed by atoms with Crippen molar-refractivity contribution in [3.05, 3.63) is 24.3 Å². The maximum Gasteiger partial charge on any atom is 0.0521 e. The van der Waals surface area contributed by atoms with Gasteiger partial charge in [-0.25, -0.2) is 0 Å². The second-order valence-corrected chi connectivity index (χ2v) is 6.51. The highest BCUT2D eigenvalue weighted by atomic mass is 32.2. The van der Waals surface area contributed by atoms with Crippen molar-refractivity contribution >= 4 is 18.0 Å². The van der Waals surface area contributed by atoms with Crippen molar-refractivity contribution < 1.29 is 5.11 Å². The lowest BCUT2D eigenvalue weighted by molar-refractivity contribution is 0.322. The van der Waals surface area contributed by atoms with Gasteiger partial charge < -0.3 is 5.11 Å². The van der Waals surface area contributed by atoms with Crippen molar-refractivity contribution in [1.82, 2.24) is 0 Å². The number of hydrogen-bond donors (Lipinski definition) is 1. The lowest BCUT2D eigenvalue weighted by Gasteiger charge is -2.20. The molecule has 0 saturated heterocycles. The van der Waals surface area contributed by atoms with Gasteiger partial charge in [0, 0.05) is 23.9 Å². The molecular weight excluding hydrogens is 254 g/mol. The van der Waals surface area contributed by atoms with E-state index >= 15 is 0 Å². The molecule has 0 radical (unpaired) electrons. The van der Waals surface area contributed by atoms with Gasteiger partial charge in [0.25, 0.3) is 0 Å². The quantitative estimate of drug-likeness (QED) is 0.487. The predicted octanol–water partition coefficient (Wildman–Crippen LogP) is 3.87. The standard InChI is InChI=1S/C16H27NOS/c1-16(9-5-4-6-10-16)15-17-11-7-2-3-8-13-19-14-12-18/h4-6,9,15,18H,2-3,7-8,10-14H2,1H3. The van der Waals surface area contributed by atoms with E-state index in [1.165, 1.54) is 31.4 Å². The smallest absolute Gasteiger partial charge is 0.0521 e. The number of unbranched alkanes of at least 4 members (excludes halogenated alkanes) is 3. The number of rotatable bonds is 10. The van der Waals surface area contributed by atoms with E-state index in [1.54, 1.807) is 0 Å². The van der Waals surface area contributed by atoms with Crippen LogP contribution in [0.1, 0.15) is 39.0 Å². The molecule has 0 saturated carbocycles. The number of allylic oxidation sites excluding steroid dienone is 4. The fraction of sp³-hybridized carbons (Fsp3) is 0.688. The average molecular weight is 281 g/mol. The molecule has 0 fully saturated rings. The summed E-state index contributed by atoms with van der Waals surface area (Å²) in [7, 11) is 0. The van der Waals surface area contributed by atoms with E-state index in [-0.39, 0.29) is 5.41 Å². The van der Waals surface area contributed by atoms with Gasteiger partial charge in [-0.05, 0) is 25.0 Å². The van der Waals surface area contributed by atoms with Crippen LogP contribution in [0.3, 0.4) is 0 Å². The highest BCUT2D eigenvalue weighted by Gasteiger charge is 2.17. The third-order valence-electron chi connectivity index (χ3n) is 3.23. The van der Waals surface area contributed by atoms with E-state index in [9.17, 15) is 0 Å². The number of aliphatic imine (C=N–C) groups is 1. The normalized spacial score (nSPS) is 22.4. The maximum absolute atomic E-state index is 8.65. The molecule has 1 N–H and O–H groups in total. The van der Waals surface area contributed by atoms with Gasteiger partial charge in [-0.2, -0.15) is 11.8 Å². The molecule has 0 aromatic rings. The molecule has 1 rings (SSSR count). The third-order valence-corrected chi connectivity index (χ3v) is 4.28. The molecule has 0 aliphatic heterocycles. The molecule has 0 spiro atoms. The minimum Gasteiger partial charge on any atom is -0.396 e. The van der Waals surface area contributed by atoms with Gasteiger partial charge in [0.05, 0.1) is 6.61 Å². The molecule has 0 heterocycles. The monoisotopic (exact) mass is 281 g/mol. The molecule has 108 valence electrons. The molecule has 2 nitrogen and oxygen atoms in total. The van der Waals surface area contributed by atoms with E-state index in [4.69, 9.17) is 5.11 Å². The summed E-state index contributed by atoms with van der Waals surface area (Å²) in [5.41, 5.74) is 0.135. The molecule has 3 heteroatoms. The van der Waals surface area contributed by atoms with Crippen molar-refractivity contribution in [2.75, 3.05) is 24.7 Å². The first kappa shape index (κ1) is 16.5. The van der Waals surface area contributed by atoms with Crippen LogP contribution in [0, 0.1) is 5.41 Å². The first-order valence-corrected chi connectivity index (χ1v) is 8.46. The van der Waals surface area contributed by atoms with Crippen LogP contribution in [-0.4, -0.2) is 36.0 Å². The van der Waals surface area contributed by atoms with Gasteiger partial charge in [0.1, 0.15) is 0 Å². The van der Waals surface area contributed by atoms with E-state index in [0.717, 1.165) is 18.7 Å².